The van der Waals surface area contributed by atoms with Crippen LogP contribution in [0, 0.1) is 0 Å². The molecule has 1 heterocycles. The second-order valence-corrected chi connectivity index (χ2v) is 6.43. The molecule has 1 aliphatic rings. The summed E-state index contributed by atoms with van der Waals surface area (Å²) in [6.07, 6.45) is 0.580. The molecule has 0 amide bonds. The molecule has 2 atom stereocenters. The summed E-state index contributed by atoms with van der Waals surface area (Å²) < 4.78 is 11.7. The summed E-state index contributed by atoms with van der Waals surface area (Å²) in [5, 5.41) is 0.486. The molecule has 0 radical (unpaired) electrons. The van der Waals surface area contributed by atoms with E-state index in [9.17, 15) is 4.79 Å². The molecule has 0 aromatic heterocycles. The fourth-order valence-corrected chi connectivity index (χ4v) is 3.34. The van der Waals surface area contributed by atoms with Crippen molar-refractivity contribution in [3.05, 3.63) is 33.3 Å². The number of carbonyl (C=O) groups excluding carboxylic acids is 1. The number of benzene rings is 1. The number of likely N-dealkylation sites (tertiary alicyclic amines) is 1. The van der Waals surface area contributed by atoms with E-state index in [1.807, 2.05) is 6.07 Å². The lowest BCUT2D eigenvalue weighted by Crippen LogP contribution is -2.27. The van der Waals surface area contributed by atoms with Gasteiger partial charge in [-0.25, -0.2) is 0 Å². The number of ketones is 1. The van der Waals surface area contributed by atoms with Gasteiger partial charge in [-0.2, -0.15) is 0 Å². The molecule has 0 aliphatic carbocycles. The first-order chi connectivity index (χ1) is 10.0. The lowest BCUT2D eigenvalue weighted by molar-refractivity contribution is -0.00461. The van der Waals surface area contributed by atoms with Crippen molar-refractivity contribution < 1.29 is 14.3 Å². The van der Waals surface area contributed by atoms with Crippen LogP contribution < -0.4 is 0 Å². The molecule has 0 bridgehead atoms. The Morgan fingerprint density at radius 1 is 1.33 bits per heavy atom. The number of nitrogens with zero attached hydrogens (tertiary/aromatic N) is 1. The summed E-state index contributed by atoms with van der Waals surface area (Å²) in [4.78, 5) is 14.4. The molecule has 0 saturated carbocycles. The summed E-state index contributed by atoms with van der Waals surface area (Å²) in [7, 11) is 3.37. The summed E-state index contributed by atoms with van der Waals surface area (Å²) in [5.74, 6) is 0.0577. The normalized spacial score (nSPS) is 22.7. The van der Waals surface area contributed by atoms with Gasteiger partial charge < -0.3 is 9.47 Å². The van der Waals surface area contributed by atoms with E-state index in [1.165, 1.54) is 0 Å². The van der Waals surface area contributed by atoms with Crippen LogP contribution in [0.2, 0.25) is 5.02 Å². The van der Waals surface area contributed by atoms with Gasteiger partial charge in [-0.15, -0.1) is 0 Å². The molecule has 1 aliphatic heterocycles. The third-order valence-corrected chi connectivity index (χ3v) is 4.59. The van der Waals surface area contributed by atoms with Crippen molar-refractivity contribution in [3.8, 4) is 0 Å². The van der Waals surface area contributed by atoms with E-state index in [2.05, 4.69) is 20.8 Å². The Balaban J connectivity index is 1.90. The Hall–Kier alpha value is -0.460. The van der Waals surface area contributed by atoms with E-state index in [1.54, 1.807) is 26.4 Å². The molecule has 21 heavy (non-hydrogen) atoms. The SMILES string of the molecule is COC1CN(CCC(=O)c2ccc(Br)cc2Cl)CC1OC. The first-order valence-corrected chi connectivity index (χ1v) is 7.98. The maximum atomic E-state index is 12.2. The van der Waals surface area contributed by atoms with E-state index in [-0.39, 0.29) is 18.0 Å². The number of rotatable bonds is 6. The van der Waals surface area contributed by atoms with E-state index in [4.69, 9.17) is 21.1 Å². The van der Waals surface area contributed by atoms with E-state index in [0.29, 0.717) is 23.6 Å². The van der Waals surface area contributed by atoms with Crippen LogP contribution in [0.3, 0.4) is 0 Å². The Bertz CT molecular complexity index is 500. The standard InChI is InChI=1S/C15H19BrClNO3/c1-20-14-8-18(9-15(14)21-2)6-5-13(19)11-4-3-10(16)7-12(11)17/h3-4,7,14-15H,5-6,8-9H2,1-2H3. The Morgan fingerprint density at radius 3 is 2.48 bits per heavy atom. The minimum atomic E-state index is 0.0577. The Morgan fingerprint density at radius 2 is 1.95 bits per heavy atom. The maximum Gasteiger partial charge on any atom is 0.165 e. The molecule has 0 N–H and O–H groups in total. The summed E-state index contributed by atoms with van der Waals surface area (Å²) in [6, 6.07) is 5.33. The average molecular weight is 377 g/mol. The zero-order valence-corrected chi connectivity index (χ0v) is 14.5. The third-order valence-electron chi connectivity index (χ3n) is 3.78. The van der Waals surface area contributed by atoms with Gasteiger partial charge in [0.15, 0.2) is 5.78 Å². The molecule has 2 unspecified atom stereocenters. The highest BCUT2D eigenvalue weighted by atomic mass is 79.9. The number of hydrogen-bond acceptors (Lipinski definition) is 4. The van der Waals surface area contributed by atoms with E-state index >= 15 is 0 Å². The monoisotopic (exact) mass is 375 g/mol. The third kappa shape index (κ3) is 4.27. The molecule has 4 nitrogen and oxygen atoms in total. The molecule has 1 aromatic carbocycles. The number of Topliss-reactive ketones (excluding diaryl/α,β-unsaturated/α-hetero) is 1. The lowest BCUT2D eigenvalue weighted by Gasteiger charge is -2.14. The number of halogens is 2. The van der Waals surface area contributed by atoms with Crippen LogP contribution in [0.4, 0.5) is 0 Å². The van der Waals surface area contributed by atoms with Crippen LogP contribution in [-0.4, -0.2) is 56.7 Å². The van der Waals surface area contributed by atoms with Gasteiger partial charge in [0.25, 0.3) is 0 Å². The molecule has 1 fully saturated rings. The van der Waals surface area contributed by atoms with Gasteiger partial charge in [0.05, 0.1) is 17.2 Å². The summed E-state index contributed by atoms with van der Waals surface area (Å²) in [5.41, 5.74) is 0.575. The molecule has 2 rings (SSSR count). The number of ether oxygens (including phenoxy) is 2. The minimum absolute atomic E-state index is 0.0577. The Kier molecular flexibility index (Phi) is 6.20. The Labute approximate surface area is 138 Å². The molecule has 1 aromatic rings. The average Bonchev–Trinajstić information content (AvgIpc) is 2.87. The van der Waals surface area contributed by atoms with Crippen molar-refractivity contribution in [2.75, 3.05) is 33.9 Å². The van der Waals surface area contributed by atoms with Gasteiger partial charge in [0.1, 0.15) is 0 Å². The zero-order valence-electron chi connectivity index (χ0n) is 12.1. The second-order valence-electron chi connectivity index (χ2n) is 5.11. The maximum absolute atomic E-state index is 12.2. The van der Waals surface area contributed by atoms with Crippen LogP contribution in [0.1, 0.15) is 16.8 Å². The minimum Gasteiger partial charge on any atom is -0.377 e. The van der Waals surface area contributed by atoms with Gasteiger partial charge in [-0.3, -0.25) is 9.69 Å². The second kappa shape index (κ2) is 7.70. The zero-order chi connectivity index (χ0) is 15.4. The topological polar surface area (TPSA) is 38.8 Å². The molecule has 1 saturated heterocycles. The van der Waals surface area contributed by atoms with Crippen molar-refractivity contribution in [1.29, 1.82) is 0 Å². The first kappa shape index (κ1) is 16.9. The van der Waals surface area contributed by atoms with Gasteiger partial charge >= 0.3 is 0 Å². The quantitative estimate of drug-likeness (QED) is 0.716. The van der Waals surface area contributed by atoms with Crippen LogP contribution in [0.5, 0.6) is 0 Å². The van der Waals surface area contributed by atoms with Crippen molar-refractivity contribution >= 4 is 33.3 Å². The van der Waals surface area contributed by atoms with Gasteiger partial charge in [-0.05, 0) is 18.2 Å². The summed E-state index contributed by atoms with van der Waals surface area (Å²) >= 11 is 9.44. The van der Waals surface area contributed by atoms with Crippen molar-refractivity contribution in [3.63, 3.8) is 0 Å². The van der Waals surface area contributed by atoms with Crippen LogP contribution in [-0.2, 0) is 9.47 Å². The van der Waals surface area contributed by atoms with Crippen LogP contribution in [0.15, 0.2) is 22.7 Å². The van der Waals surface area contributed by atoms with Gasteiger partial charge in [0, 0.05) is 50.3 Å². The first-order valence-electron chi connectivity index (χ1n) is 6.81. The van der Waals surface area contributed by atoms with Crippen LogP contribution >= 0.6 is 27.5 Å². The predicted octanol–water partition coefficient (Wildman–Crippen LogP) is 3.02. The van der Waals surface area contributed by atoms with E-state index in [0.717, 1.165) is 17.6 Å². The van der Waals surface area contributed by atoms with Gasteiger partial charge in [-0.1, -0.05) is 27.5 Å². The number of methoxy groups -OCH3 is 2. The van der Waals surface area contributed by atoms with Crippen molar-refractivity contribution in [2.45, 2.75) is 18.6 Å². The molecular weight excluding hydrogens is 358 g/mol. The fraction of sp³-hybridized carbons (Fsp3) is 0.533. The fourth-order valence-electron chi connectivity index (χ4n) is 2.56. The largest absolute Gasteiger partial charge is 0.377 e. The molecule has 116 valence electrons. The molecule has 6 heteroatoms. The summed E-state index contributed by atoms with van der Waals surface area (Å²) in [6.45, 7) is 2.26. The van der Waals surface area contributed by atoms with Gasteiger partial charge in [0.2, 0.25) is 0 Å². The van der Waals surface area contributed by atoms with Crippen molar-refractivity contribution in [2.24, 2.45) is 0 Å². The molecule has 0 spiro atoms. The van der Waals surface area contributed by atoms with E-state index < -0.39 is 0 Å². The highest BCUT2D eigenvalue weighted by Gasteiger charge is 2.32. The number of hydrogen-bond donors (Lipinski definition) is 0. The van der Waals surface area contributed by atoms with Crippen molar-refractivity contribution in [1.82, 2.24) is 4.90 Å². The van der Waals surface area contributed by atoms with Crippen LogP contribution in [0.25, 0.3) is 0 Å². The molecular formula is C15H19BrClNO3. The lowest BCUT2D eigenvalue weighted by atomic mass is 10.1. The highest BCUT2D eigenvalue weighted by molar-refractivity contribution is 9.10. The predicted molar refractivity (Wildman–Crippen MR) is 86.1 cm³/mol. The number of carbonyl (C=O) groups is 1. The smallest absolute Gasteiger partial charge is 0.165 e. The highest BCUT2D eigenvalue weighted by Crippen LogP contribution is 2.23.